The summed E-state index contributed by atoms with van der Waals surface area (Å²) in [6, 6.07) is 4.21. The van der Waals surface area contributed by atoms with Crippen molar-refractivity contribution in [2.75, 3.05) is 5.75 Å². The number of allylic oxidation sites excluding steroid dienone is 3. The molecule has 4 heteroatoms. The minimum atomic E-state index is -0.609. The van der Waals surface area contributed by atoms with Gasteiger partial charge in [-0.2, -0.15) is 0 Å². The van der Waals surface area contributed by atoms with E-state index < -0.39 is 12.2 Å². The number of fused-ring (bicyclic) bond motifs is 1. The van der Waals surface area contributed by atoms with Crippen LogP contribution in [0.15, 0.2) is 64.9 Å². The fraction of sp³-hybridized carbons (Fsp3) is 0.607. The molecule has 3 aliphatic carbocycles. The van der Waals surface area contributed by atoms with E-state index in [0.29, 0.717) is 24.2 Å². The van der Waals surface area contributed by atoms with Gasteiger partial charge in [-0.15, -0.1) is 11.8 Å². The average Bonchev–Trinajstić information content (AvgIpc) is 3.13. The Bertz CT molecular complexity index is 863. The molecule has 3 saturated carbocycles. The van der Waals surface area contributed by atoms with Gasteiger partial charge >= 0.3 is 0 Å². The normalized spacial score (nSPS) is 36.4. The average molecular weight is 454 g/mol. The van der Waals surface area contributed by atoms with Crippen molar-refractivity contribution in [2.24, 2.45) is 23.2 Å². The highest BCUT2D eigenvalue weighted by molar-refractivity contribution is 7.99. The number of aliphatic hydroxyl groups is 2. The van der Waals surface area contributed by atoms with Crippen LogP contribution < -0.4 is 0 Å². The molecular weight excluding hydrogens is 414 g/mol. The third kappa shape index (κ3) is 5.08. The Hall–Kier alpha value is -1.36. The highest BCUT2D eigenvalue weighted by atomic mass is 32.2. The van der Waals surface area contributed by atoms with Crippen molar-refractivity contribution >= 4 is 11.8 Å². The number of hydrogen-bond donors (Lipinski definition) is 2. The van der Waals surface area contributed by atoms with E-state index in [0.717, 1.165) is 23.0 Å². The van der Waals surface area contributed by atoms with Gasteiger partial charge in [0, 0.05) is 23.7 Å². The first kappa shape index (κ1) is 23.8. The lowest BCUT2D eigenvalue weighted by Crippen LogP contribution is -2.36. The van der Waals surface area contributed by atoms with Gasteiger partial charge in [0.1, 0.15) is 0 Å². The molecule has 6 atom stereocenters. The van der Waals surface area contributed by atoms with Gasteiger partial charge < -0.3 is 10.2 Å². The predicted molar refractivity (Wildman–Crippen MR) is 133 cm³/mol. The third-order valence-corrected chi connectivity index (χ3v) is 9.53. The van der Waals surface area contributed by atoms with Crippen LogP contribution in [0, 0.1) is 23.2 Å². The number of nitrogens with zero attached hydrogens (tertiary/aromatic N) is 1. The molecule has 0 aliphatic heterocycles. The van der Waals surface area contributed by atoms with Crippen LogP contribution in [0.1, 0.15) is 65.2 Å². The number of thioether (sulfide) groups is 1. The highest BCUT2D eigenvalue weighted by Gasteiger charge is 2.50. The lowest BCUT2D eigenvalue weighted by molar-refractivity contribution is 0.0861. The quantitative estimate of drug-likeness (QED) is 0.493. The summed E-state index contributed by atoms with van der Waals surface area (Å²) in [6.07, 6.45) is 15.8. The van der Waals surface area contributed by atoms with Crippen LogP contribution in [0.3, 0.4) is 0 Å². The summed E-state index contributed by atoms with van der Waals surface area (Å²) in [5.74, 6) is 3.36. The zero-order chi connectivity index (χ0) is 22.7. The van der Waals surface area contributed by atoms with Gasteiger partial charge in [-0.1, -0.05) is 38.2 Å². The lowest BCUT2D eigenvalue weighted by atomic mass is 9.61. The SMILES string of the molecule is C=C1C(=CC=C2CCC[C@]3(C)C([C@H](C)CCSc4ccncc4)CC[C@@H]23)C[C@@H](O)C[C@@H]1O. The van der Waals surface area contributed by atoms with E-state index >= 15 is 0 Å². The molecule has 0 saturated heterocycles. The summed E-state index contributed by atoms with van der Waals surface area (Å²) in [5, 5.41) is 20.2. The van der Waals surface area contributed by atoms with Crippen LogP contribution >= 0.6 is 11.8 Å². The van der Waals surface area contributed by atoms with E-state index in [4.69, 9.17) is 0 Å². The van der Waals surface area contributed by atoms with Crippen LogP contribution in [-0.2, 0) is 0 Å². The Kier molecular flexibility index (Phi) is 7.64. The molecule has 3 nitrogen and oxygen atoms in total. The molecule has 0 aromatic carbocycles. The molecule has 2 N–H and O–H groups in total. The van der Waals surface area contributed by atoms with Crippen molar-refractivity contribution in [3.8, 4) is 0 Å². The molecule has 0 radical (unpaired) electrons. The van der Waals surface area contributed by atoms with Crippen LogP contribution in [-0.4, -0.2) is 33.2 Å². The largest absolute Gasteiger partial charge is 0.393 e. The molecule has 1 aromatic rings. The molecule has 1 heterocycles. The molecule has 3 fully saturated rings. The standard InChI is InChI=1S/C28H39NO2S/c1-19(12-16-32-24-10-14-29-15-11-24)25-8-9-26-21(5-4-13-28(25,26)3)6-7-22-17-23(30)18-27(31)20(22)2/h6-7,10-11,14-15,19,23,25-27,30-31H,2,4-5,8-9,12-13,16-18H2,1,3H3/t19-,23-,25?,26+,27+,28-/m1/s1. The van der Waals surface area contributed by atoms with E-state index in [9.17, 15) is 10.2 Å². The Balaban J connectivity index is 1.41. The van der Waals surface area contributed by atoms with E-state index in [1.165, 1.54) is 49.2 Å². The van der Waals surface area contributed by atoms with E-state index in [2.05, 4.69) is 49.7 Å². The first-order valence-electron chi connectivity index (χ1n) is 12.4. The number of rotatable bonds is 6. The Labute approximate surface area is 198 Å². The van der Waals surface area contributed by atoms with Gasteiger partial charge in [-0.05, 0) is 97.1 Å². The Morgan fingerprint density at radius 3 is 2.81 bits per heavy atom. The molecular formula is C28H39NO2S. The summed E-state index contributed by atoms with van der Waals surface area (Å²) in [7, 11) is 0. The van der Waals surface area contributed by atoms with Crippen LogP contribution in [0.25, 0.3) is 0 Å². The zero-order valence-corrected chi connectivity index (χ0v) is 20.5. The molecule has 32 heavy (non-hydrogen) atoms. The van der Waals surface area contributed by atoms with Crippen molar-refractivity contribution in [1.82, 2.24) is 4.98 Å². The fourth-order valence-electron chi connectivity index (χ4n) is 6.68. The van der Waals surface area contributed by atoms with Crippen molar-refractivity contribution in [3.63, 3.8) is 0 Å². The molecule has 0 bridgehead atoms. The minimum absolute atomic E-state index is 0.395. The summed E-state index contributed by atoms with van der Waals surface area (Å²) in [4.78, 5) is 5.43. The molecule has 3 aliphatic rings. The number of aromatic nitrogens is 1. The Morgan fingerprint density at radius 2 is 2.03 bits per heavy atom. The van der Waals surface area contributed by atoms with Crippen LogP contribution in [0.2, 0.25) is 0 Å². The van der Waals surface area contributed by atoms with Gasteiger partial charge in [0.2, 0.25) is 0 Å². The number of pyridine rings is 1. The Morgan fingerprint density at radius 1 is 1.25 bits per heavy atom. The summed E-state index contributed by atoms with van der Waals surface area (Å²) < 4.78 is 0. The molecule has 4 rings (SSSR count). The second-order valence-corrected chi connectivity index (χ2v) is 11.6. The predicted octanol–water partition coefficient (Wildman–Crippen LogP) is 6.34. The van der Waals surface area contributed by atoms with Gasteiger partial charge in [0.15, 0.2) is 0 Å². The maximum Gasteiger partial charge on any atom is 0.0811 e. The number of aliphatic hydroxyl groups excluding tert-OH is 2. The zero-order valence-electron chi connectivity index (χ0n) is 19.7. The van der Waals surface area contributed by atoms with Gasteiger partial charge in [-0.25, -0.2) is 0 Å². The second-order valence-electron chi connectivity index (χ2n) is 10.5. The highest BCUT2D eigenvalue weighted by Crippen LogP contribution is 2.59. The molecule has 1 aromatic heterocycles. The molecule has 174 valence electrons. The maximum absolute atomic E-state index is 10.2. The van der Waals surface area contributed by atoms with E-state index in [1.807, 2.05) is 24.2 Å². The smallest absolute Gasteiger partial charge is 0.0811 e. The van der Waals surface area contributed by atoms with Crippen molar-refractivity contribution in [1.29, 1.82) is 0 Å². The molecule has 0 spiro atoms. The van der Waals surface area contributed by atoms with Gasteiger partial charge in [0.25, 0.3) is 0 Å². The summed E-state index contributed by atoms with van der Waals surface area (Å²) >= 11 is 1.95. The van der Waals surface area contributed by atoms with E-state index in [1.54, 1.807) is 5.57 Å². The summed E-state index contributed by atoms with van der Waals surface area (Å²) in [5.41, 5.74) is 3.78. The first-order chi connectivity index (χ1) is 15.4. The fourth-order valence-corrected chi connectivity index (χ4v) is 7.72. The van der Waals surface area contributed by atoms with Crippen molar-refractivity contribution < 1.29 is 10.2 Å². The lowest BCUT2D eigenvalue weighted by Gasteiger charge is -2.44. The third-order valence-electron chi connectivity index (χ3n) is 8.48. The second kappa shape index (κ2) is 10.3. The van der Waals surface area contributed by atoms with Crippen molar-refractivity contribution in [3.05, 3.63) is 60.0 Å². The molecule has 0 amide bonds. The summed E-state index contributed by atoms with van der Waals surface area (Å²) in [6.45, 7) is 9.10. The first-order valence-corrected chi connectivity index (χ1v) is 13.3. The minimum Gasteiger partial charge on any atom is -0.393 e. The van der Waals surface area contributed by atoms with Crippen LogP contribution in [0.5, 0.6) is 0 Å². The van der Waals surface area contributed by atoms with Gasteiger partial charge in [0.05, 0.1) is 12.2 Å². The number of hydrogen-bond acceptors (Lipinski definition) is 4. The van der Waals surface area contributed by atoms with Crippen LogP contribution in [0.4, 0.5) is 0 Å². The van der Waals surface area contributed by atoms with Gasteiger partial charge in [-0.3, -0.25) is 4.98 Å². The topological polar surface area (TPSA) is 53.4 Å². The monoisotopic (exact) mass is 453 g/mol. The maximum atomic E-state index is 10.2. The molecule has 1 unspecified atom stereocenters. The van der Waals surface area contributed by atoms with E-state index in [-0.39, 0.29) is 0 Å². The van der Waals surface area contributed by atoms with Crippen molar-refractivity contribution in [2.45, 2.75) is 82.3 Å².